The summed E-state index contributed by atoms with van der Waals surface area (Å²) in [5.74, 6) is -2.17. The first-order valence-corrected chi connectivity index (χ1v) is 13.7. The van der Waals surface area contributed by atoms with Gasteiger partial charge in [0, 0.05) is 10.4 Å². The molecule has 6 amide bonds. The second-order valence-corrected chi connectivity index (χ2v) is 12.6. The number of carbonyl (C=O) groups excluding carboxylic acids is 5. The zero-order chi connectivity index (χ0) is 28.3. The molecule has 2 aromatic rings. The number of benzene rings is 2. The van der Waals surface area contributed by atoms with Crippen LogP contribution < -0.4 is 50.7 Å². The van der Waals surface area contributed by atoms with E-state index in [2.05, 4.69) is 16.1 Å². The van der Waals surface area contributed by atoms with E-state index in [1.807, 2.05) is 30.3 Å². The number of hydrogen-bond donors (Lipinski definition) is 3. The average Bonchev–Trinajstić information content (AvgIpc) is 3.30. The maximum absolute atomic E-state index is 13.0. The number of hydrazine groups is 1. The Morgan fingerprint density at radius 2 is 1.83 bits per heavy atom. The number of carboxylic acid groups (broad SMARTS) is 1. The summed E-state index contributed by atoms with van der Waals surface area (Å²) in [5, 5.41) is 18.0. The van der Waals surface area contributed by atoms with Crippen LogP contribution in [-0.4, -0.2) is 79.4 Å². The maximum atomic E-state index is 13.0. The molecule has 12 nitrogen and oxygen atoms in total. The standard InChI is InChI=1S/C27H28N6O6S.Na/c1-27(2)21(24(36)37)32-22(35)20(23(32)40-27)29-18(34)12-14-7-6-10-16(11-14)28-25(38)31-13-17-19(30-33(17)26(31)39)15-8-4-3-5-9-15;/h3-11,17,19-21,23,30H,12-13H2,1-2H3,(H,28,38)(H,29,34)(H,36,37);/q;+1/p-1/t17?,19?,20-,21+,23-;/m1./s1. The number of imide groups is 1. The van der Waals surface area contributed by atoms with Crippen LogP contribution >= 0.6 is 11.8 Å². The summed E-state index contributed by atoms with van der Waals surface area (Å²) < 4.78 is -0.739. The quantitative estimate of drug-likeness (QED) is 0.247. The molecule has 14 heteroatoms. The molecule has 3 N–H and O–H groups in total. The fraction of sp³-hybridized carbons (Fsp3) is 0.370. The molecule has 5 atom stereocenters. The van der Waals surface area contributed by atoms with Gasteiger partial charge in [0.05, 0.1) is 37.1 Å². The minimum atomic E-state index is -1.32. The number of urea groups is 2. The molecule has 0 aromatic heterocycles. The van der Waals surface area contributed by atoms with Crippen LogP contribution in [0.2, 0.25) is 0 Å². The van der Waals surface area contributed by atoms with Crippen LogP contribution in [0.4, 0.5) is 15.3 Å². The molecule has 2 unspecified atom stereocenters. The van der Waals surface area contributed by atoms with E-state index in [-0.39, 0.29) is 54.6 Å². The van der Waals surface area contributed by atoms with Crippen molar-refractivity contribution in [3.8, 4) is 0 Å². The van der Waals surface area contributed by atoms with E-state index in [0.717, 1.165) is 10.5 Å². The van der Waals surface area contributed by atoms with Crippen LogP contribution in [-0.2, 0) is 20.8 Å². The van der Waals surface area contributed by atoms with Gasteiger partial charge in [-0.05, 0) is 37.1 Å². The van der Waals surface area contributed by atoms with Crippen molar-refractivity contribution in [2.75, 3.05) is 11.9 Å². The number of carbonyl (C=O) groups is 5. The summed E-state index contributed by atoms with van der Waals surface area (Å²) in [6.45, 7) is 3.71. The van der Waals surface area contributed by atoms with Gasteiger partial charge in [0.1, 0.15) is 11.4 Å². The molecule has 0 aliphatic carbocycles. The second-order valence-electron chi connectivity index (χ2n) is 10.8. The smallest absolute Gasteiger partial charge is 0.548 e. The van der Waals surface area contributed by atoms with Crippen molar-refractivity contribution in [1.29, 1.82) is 0 Å². The third kappa shape index (κ3) is 5.10. The van der Waals surface area contributed by atoms with Crippen LogP contribution in [0.1, 0.15) is 31.0 Å². The van der Waals surface area contributed by atoms with Crippen LogP contribution in [0, 0.1) is 0 Å². The SMILES string of the molecule is CC1(C)S[C@@H]2[C@H](NC(=O)Cc3cccc(NC(=O)N4CC5C(c6ccccc6)NN5C4=O)c3)C(=O)N2[C@H]1C(=O)[O-].[Na+]. The topological polar surface area (TPSA) is 154 Å². The first-order chi connectivity index (χ1) is 19.0. The molecule has 41 heavy (non-hydrogen) atoms. The molecule has 0 bridgehead atoms. The largest absolute Gasteiger partial charge is 1.00 e. The summed E-state index contributed by atoms with van der Waals surface area (Å²) >= 11 is 1.32. The first-order valence-electron chi connectivity index (χ1n) is 12.9. The number of amides is 6. The Bertz CT molecular complexity index is 1430. The number of hydrogen-bond acceptors (Lipinski definition) is 8. The minimum absolute atomic E-state index is 0. The Labute approximate surface area is 262 Å². The summed E-state index contributed by atoms with van der Waals surface area (Å²) in [7, 11) is 0. The van der Waals surface area contributed by atoms with Gasteiger partial charge in [-0.15, -0.1) is 11.8 Å². The van der Waals surface area contributed by atoms with Gasteiger partial charge in [-0.2, -0.15) is 0 Å². The predicted molar refractivity (Wildman–Crippen MR) is 142 cm³/mol. The van der Waals surface area contributed by atoms with E-state index in [1.165, 1.54) is 21.7 Å². The number of carboxylic acids is 1. The van der Waals surface area contributed by atoms with Crippen molar-refractivity contribution in [1.82, 2.24) is 25.6 Å². The van der Waals surface area contributed by atoms with Crippen molar-refractivity contribution in [3.63, 3.8) is 0 Å². The zero-order valence-electron chi connectivity index (χ0n) is 22.7. The van der Waals surface area contributed by atoms with Crippen LogP contribution in [0.25, 0.3) is 0 Å². The van der Waals surface area contributed by atoms with Crippen LogP contribution in [0.3, 0.4) is 0 Å². The molecular formula is C27H27N6NaO6S. The Morgan fingerprint density at radius 3 is 2.54 bits per heavy atom. The number of fused-ring (bicyclic) bond motifs is 2. The van der Waals surface area contributed by atoms with Gasteiger partial charge in [-0.1, -0.05) is 42.5 Å². The Hall–Kier alpha value is -3.10. The van der Waals surface area contributed by atoms with Gasteiger partial charge < -0.3 is 25.4 Å². The van der Waals surface area contributed by atoms with Gasteiger partial charge in [0.2, 0.25) is 11.8 Å². The number of nitrogens with zero attached hydrogens (tertiary/aromatic N) is 3. The van der Waals surface area contributed by atoms with Gasteiger partial charge in [0.25, 0.3) is 0 Å². The van der Waals surface area contributed by atoms with Gasteiger partial charge >= 0.3 is 41.6 Å². The third-order valence-electron chi connectivity index (χ3n) is 7.73. The minimum Gasteiger partial charge on any atom is -0.548 e. The summed E-state index contributed by atoms with van der Waals surface area (Å²) in [6.07, 6.45) is -0.0562. The Morgan fingerprint density at radius 1 is 1.10 bits per heavy atom. The first kappa shape index (κ1) is 29.4. The molecule has 2 aromatic carbocycles. The van der Waals surface area contributed by atoms with Crippen LogP contribution in [0.5, 0.6) is 0 Å². The molecule has 208 valence electrons. The predicted octanol–water partition coefficient (Wildman–Crippen LogP) is -2.57. The van der Waals surface area contributed by atoms with E-state index < -0.39 is 52.1 Å². The van der Waals surface area contributed by atoms with E-state index >= 15 is 0 Å². The van der Waals surface area contributed by atoms with E-state index in [9.17, 15) is 29.1 Å². The Balaban J connectivity index is 0.00000337. The van der Waals surface area contributed by atoms with Crippen molar-refractivity contribution < 1.29 is 58.6 Å². The van der Waals surface area contributed by atoms with E-state index in [1.54, 1.807) is 38.1 Å². The van der Waals surface area contributed by atoms with Crippen molar-refractivity contribution in [3.05, 3.63) is 65.7 Å². The summed E-state index contributed by atoms with van der Waals surface area (Å²) in [6, 6.07) is 13.3. The van der Waals surface area contributed by atoms with Gasteiger partial charge in [-0.25, -0.2) is 19.9 Å². The molecule has 4 aliphatic heterocycles. The molecule has 0 radical (unpaired) electrons. The molecule has 4 aliphatic rings. The number of nitrogens with one attached hydrogen (secondary N) is 3. The van der Waals surface area contributed by atoms with Crippen molar-refractivity contribution in [2.45, 2.75) is 54.6 Å². The molecule has 6 rings (SSSR count). The molecular weight excluding hydrogens is 559 g/mol. The summed E-state index contributed by atoms with van der Waals surface area (Å²) in [4.78, 5) is 65.1. The fourth-order valence-electron chi connectivity index (χ4n) is 5.79. The van der Waals surface area contributed by atoms with Crippen molar-refractivity contribution >= 4 is 47.3 Å². The second kappa shape index (κ2) is 11.0. The van der Waals surface area contributed by atoms with Crippen LogP contribution in [0.15, 0.2) is 54.6 Å². The molecule has 4 fully saturated rings. The van der Waals surface area contributed by atoms with E-state index in [0.29, 0.717) is 11.3 Å². The molecule has 0 saturated carbocycles. The molecule has 4 heterocycles. The average molecular weight is 587 g/mol. The monoisotopic (exact) mass is 586 g/mol. The molecule has 0 spiro atoms. The third-order valence-corrected chi connectivity index (χ3v) is 9.30. The van der Waals surface area contributed by atoms with Crippen molar-refractivity contribution in [2.24, 2.45) is 0 Å². The van der Waals surface area contributed by atoms with E-state index in [4.69, 9.17) is 0 Å². The number of anilines is 1. The number of β-lactam (4-membered cyclic amide) rings is 1. The fourth-order valence-corrected chi connectivity index (χ4v) is 7.41. The number of thioether (sulfide) groups is 1. The van der Waals surface area contributed by atoms with Gasteiger partial charge in [-0.3, -0.25) is 14.6 Å². The normalized spacial score (nSPS) is 27.2. The maximum Gasteiger partial charge on any atom is 1.00 e. The number of aliphatic carboxylic acids is 1. The molecule has 4 saturated heterocycles. The summed E-state index contributed by atoms with van der Waals surface area (Å²) in [5.41, 5.74) is 5.14. The Kier molecular flexibility index (Phi) is 7.85. The zero-order valence-corrected chi connectivity index (χ0v) is 25.5. The van der Waals surface area contributed by atoms with Gasteiger partial charge in [0.15, 0.2) is 0 Å². The number of rotatable bonds is 6.